The van der Waals surface area contributed by atoms with Crippen molar-refractivity contribution in [3.8, 4) is 0 Å². The van der Waals surface area contributed by atoms with Crippen LogP contribution in [0.5, 0.6) is 0 Å². The summed E-state index contributed by atoms with van der Waals surface area (Å²) in [7, 11) is 0. The van der Waals surface area contributed by atoms with Crippen molar-refractivity contribution in [2.45, 2.75) is 25.4 Å². The van der Waals surface area contributed by atoms with E-state index in [1.807, 2.05) is 0 Å². The van der Waals surface area contributed by atoms with E-state index in [0.29, 0.717) is 0 Å². The molecular weight excluding hydrogens is 228 g/mol. The number of nitrogens with zero attached hydrogens (tertiary/aromatic N) is 2. The predicted octanol–water partition coefficient (Wildman–Crippen LogP) is 0.0265. The molecule has 0 radical (unpaired) electrons. The Morgan fingerprint density at radius 1 is 1.25 bits per heavy atom. The minimum absolute atomic E-state index is 0.114. The minimum Gasteiger partial charge on any atom is -0.480 e. The third kappa shape index (κ3) is 7.29. The van der Waals surface area contributed by atoms with Gasteiger partial charge < -0.3 is 9.94 Å². The lowest BCUT2D eigenvalue weighted by Crippen LogP contribution is -2.26. The zero-order chi connectivity index (χ0) is 12.6. The number of carbonyl (C=O) groups is 1. The Morgan fingerprint density at radius 3 is 2.31 bits per heavy atom. The second-order valence-electron chi connectivity index (χ2n) is 2.71. The molecule has 0 aromatic rings. The number of aliphatic carboxylic acids is 1. The summed E-state index contributed by atoms with van der Waals surface area (Å²) in [5.41, 5.74) is 0. The van der Waals surface area contributed by atoms with Gasteiger partial charge in [0.15, 0.2) is 0 Å². The number of carboxylic acids is 1. The molecule has 0 saturated carbocycles. The summed E-state index contributed by atoms with van der Waals surface area (Å²) in [6, 6.07) is 0. The number of carboxylic acid groups (broad SMARTS) is 1. The van der Waals surface area contributed by atoms with Gasteiger partial charge in [0.1, 0.15) is 0 Å². The summed E-state index contributed by atoms with van der Waals surface area (Å²) in [5, 5.41) is 26.0. The number of hydrogen-bond acceptors (Lipinski definition) is 7. The van der Waals surface area contributed by atoms with Crippen LogP contribution in [0.15, 0.2) is 0 Å². The van der Waals surface area contributed by atoms with E-state index in [4.69, 9.17) is 5.11 Å². The maximum atomic E-state index is 10.4. The van der Waals surface area contributed by atoms with Crippen LogP contribution < -0.4 is 0 Å². The quantitative estimate of drug-likeness (QED) is 0.336. The molecule has 16 heavy (non-hydrogen) atoms. The number of hydrogen-bond donors (Lipinski definition) is 1. The molecule has 0 heterocycles. The molecule has 0 aliphatic heterocycles. The molecule has 0 aromatic carbocycles. The normalized spacial score (nSPS) is 11.5. The molecule has 0 saturated heterocycles. The Kier molecular flexibility index (Phi) is 6.24. The molecule has 0 amide bonds. The molecule has 0 aliphatic rings. The summed E-state index contributed by atoms with van der Waals surface area (Å²) < 4.78 is 0. The largest absolute Gasteiger partial charge is 0.480 e. The predicted molar refractivity (Wildman–Crippen MR) is 46.3 cm³/mol. The van der Waals surface area contributed by atoms with Gasteiger partial charge in [-0.05, 0) is 19.3 Å². The highest BCUT2D eigenvalue weighted by atomic mass is 17.0. The summed E-state index contributed by atoms with van der Waals surface area (Å²) >= 11 is 0. The SMILES string of the molecule is O=C(O)C(CCCCO[N+](=O)[O-])O[N+](=O)[O-]. The Morgan fingerprint density at radius 2 is 1.88 bits per heavy atom. The fourth-order valence-corrected chi connectivity index (χ4v) is 0.896. The summed E-state index contributed by atoms with van der Waals surface area (Å²) in [5.74, 6) is -1.45. The molecule has 0 aliphatic carbocycles. The van der Waals surface area contributed by atoms with Crippen LogP contribution >= 0.6 is 0 Å². The molecule has 10 heteroatoms. The first-order valence-electron chi connectivity index (χ1n) is 4.24. The number of rotatable bonds is 9. The topological polar surface area (TPSA) is 142 Å². The maximum absolute atomic E-state index is 10.4. The van der Waals surface area contributed by atoms with Crippen LogP contribution in [0.3, 0.4) is 0 Å². The smallest absolute Gasteiger partial charge is 0.332 e. The van der Waals surface area contributed by atoms with Crippen LogP contribution in [0.1, 0.15) is 19.3 Å². The van der Waals surface area contributed by atoms with E-state index in [-0.39, 0.29) is 25.9 Å². The van der Waals surface area contributed by atoms with Crippen LogP contribution in [-0.4, -0.2) is 34.0 Å². The van der Waals surface area contributed by atoms with Crippen molar-refractivity contribution < 1.29 is 29.7 Å². The highest BCUT2D eigenvalue weighted by Gasteiger charge is 2.20. The molecule has 10 nitrogen and oxygen atoms in total. The van der Waals surface area contributed by atoms with E-state index < -0.39 is 22.2 Å². The van der Waals surface area contributed by atoms with Crippen molar-refractivity contribution in [2.24, 2.45) is 0 Å². The van der Waals surface area contributed by atoms with Gasteiger partial charge in [0.25, 0.3) is 10.2 Å². The minimum atomic E-state index is -1.55. The lowest BCUT2D eigenvalue weighted by molar-refractivity contribution is -0.765. The van der Waals surface area contributed by atoms with Crippen molar-refractivity contribution in [1.29, 1.82) is 0 Å². The molecule has 0 bridgehead atoms. The monoisotopic (exact) mass is 238 g/mol. The van der Waals surface area contributed by atoms with Crippen LogP contribution in [0.4, 0.5) is 0 Å². The Bertz CT molecular complexity index is 267. The van der Waals surface area contributed by atoms with Gasteiger partial charge in [0.2, 0.25) is 6.10 Å². The second kappa shape index (κ2) is 7.20. The van der Waals surface area contributed by atoms with Crippen molar-refractivity contribution in [3.05, 3.63) is 20.2 Å². The molecule has 1 N–H and O–H groups in total. The molecule has 92 valence electrons. The van der Waals surface area contributed by atoms with Gasteiger partial charge in [-0.25, -0.2) is 4.79 Å². The van der Waals surface area contributed by atoms with Gasteiger partial charge in [-0.1, -0.05) is 0 Å². The molecule has 0 aromatic heterocycles. The average molecular weight is 238 g/mol. The van der Waals surface area contributed by atoms with Crippen LogP contribution in [0.25, 0.3) is 0 Å². The Balaban J connectivity index is 3.72. The Labute approximate surface area is 89.0 Å². The molecule has 0 spiro atoms. The molecule has 0 fully saturated rings. The molecular formula is C6H10N2O8. The summed E-state index contributed by atoms with van der Waals surface area (Å²) in [6.07, 6.45) is -1.24. The lowest BCUT2D eigenvalue weighted by atomic mass is 10.1. The number of unbranched alkanes of at least 4 members (excludes halogenated alkanes) is 1. The highest BCUT2D eigenvalue weighted by molar-refractivity contribution is 5.72. The zero-order valence-corrected chi connectivity index (χ0v) is 8.11. The van der Waals surface area contributed by atoms with Crippen molar-refractivity contribution >= 4 is 5.97 Å². The van der Waals surface area contributed by atoms with E-state index in [2.05, 4.69) is 9.68 Å². The third-order valence-corrected chi connectivity index (χ3v) is 1.55. The van der Waals surface area contributed by atoms with Crippen LogP contribution in [0.2, 0.25) is 0 Å². The first-order chi connectivity index (χ1) is 7.43. The Hall–Kier alpha value is -2.13. The van der Waals surface area contributed by atoms with Gasteiger partial charge in [0.05, 0.1) is 6.61 Å². The van der Waals surface area contributed by atoms with Gasteiger partial charge in [0, 0.05) is 0 Å². The van der Waals surface area contributed by atoms with Gasteiger partial charge in [-0.15, -0.1) is 20.2 Å². The third-order valence-electron chi connectivity index (χ3n) is 1.55. The maximum Gasteiger partial charge on any atom is 0.332 e. The summed E-state index contributed by atoms with van der Waals surface area (Å²) in [4.78, 5) is 37.9. The van der Waals surface area contributed by atoms with Crippen LogP contribution in [0, 0.1) is 20.2 Å². The lowest BCUT2D eigenvalue weighted by Gasteiger charge is -2.09. The van der Waals surface area contributed by atoms with Gasteiger partial charge in [-0.2, -0.15) is 0 Å². The summed E-state index contributed by atoms with van der Waals surface area (Å²) in [6.45, 7) is -0.183. The highest BCUT2D eigenvalue weighted by Crippen LogP contribution is 2.06. The standard InChI is InChI=1S/C6H10N2O8/c9-6(10)5(16-8(13)14)3-1-2-4-15-7(11)12/h5H,1-4H2,(H,9,10). The first kappa shape index (κ1) is 13.9. The van der Waals surface area contributed by atoms with E-state index in [1.165, 1.54) is 0 Å². The van der Waals surface area contributed by atoms with E-state index in [9.17, 15) is 25.0 Å². The molecule has 1 atom stereocenters. The van der Waals surface area contributed by atoms with E-state index in [1.54, 1.807) is 0 Å². The zero-order valence-electron chi connectivity index (χ0n) is 8.11. The van der Waals surface area contributed by atoms with Crippen molar-refractivity contribution in [1.82, 2.24) is 0 Å². The average Bonchev–Trinajstić information content (AvgIpc) is 2.14. The fourth-order valence-electron chi connectivity index (χ4n) is 0.896. The van der Waals surface area contributed by atoms with E-state index >= 15 is 0 Å². The molecule has 0 rings (SSSR count). The van der Waals surface area contributed by atoms with Crippen molar-refractivity contribution in [3.63, 3.8) is 0 Å². The van der Waals surface area contributed by atoms with E-state index in [0.717, 1.165) is 0 Å². The molecule has 1 unspecified atom stereocenters. The second-order valence-corrected chi connectivity index (χ2v) is 2.71. The van der Waals surface area contributed by atoms with Crippen LogP contribution in [-0.2, 0) is 14.5 Å². The van der Waals surface area contributed by atoms with Crippen molar-refractivity contribution in [2.75, 3.05) is 6.61 Å². The first-order valence-corrected chi connectivity index (χ1v) is 4.24. The van der Waals surface area contributed by atoms with Gasteiger partial charge >= 0.3 is 5.97 Å². The fraction of sp³-hybridized carbons (Fsp3) is 0.833. The van der Waals surface area contributed by atoms with Gasteiger partial charge in [-0.3, -0.25) is 4.84 Å².